The number of hydrogen-bond acceptors (Lipinski definition) is 3. The van der Waals surface area contributed by atoms with Gasteiger partial charge in [-0.25, -0.2) is 0 Å². The molecule has 0 radical (unpaired) electrons. The van der Waals surface area contributed by atoms with Crippen molar-refractivity contribution in [1.29, 1.82) is 0 Å². The van der Waals surface area contributed by atoms with E-state index in [1.54, 1.807) is 6.20 Å². The average Bonchev–Trinajstić information content (AvgIpc) is 2.30. The van der Waals surface area contributed by atoms with E-state index in [1.807, 2.05) is 6.07 Å². The number of aryl methyl sites for hydroxylation is 1. The van der Waals surface area contributed by atoms with E-state index in [4.69, 9.17) is 5.11 Å². The van der Waals surface area contributed by atoms with Crippen molar-refractivity contribution >= 4 is 5.97 Å². The van der Waals surface area contributed by atoms with Crippen LogP contribution in [0.5, 0.6) is 0 Å². The molecule has 1 heterocycles. The number of nitrogens with zero attached hydrogens (tertiary/aromatic N) is 1. The first-order chi connectivity index (χ1) is 8.20. The molecule has 0 amide bonds. The van der Waals surface area contributed by atoms with Gasteiger partial charge < -0.3 is 10.4 Å². The molecular formula is C13H20N2O2. The van der Waals surface area contributed by atoms with E-state index in [1.165, 1.54) is 5.56 Å². The molecule has 0 spiro atoms. The highest BCUT2D eigenvalue weighted by atomic mass is 16.4. The van der Waals surface area contributed by atoms with Crippen LogP contribution in [0, 0.1) is 6.92 Å². The van der Waals surface area contributed by atoms with Crippen LogP contribution in [0.15, 0.2) is 18.3 Å². The minimum atomic E-state index is -0.706. The van der Waals surface area contributed by atoms with Crippen molar-refractivity contribution in [2.24, 2.45) is 0 Å². The number of rotatable bonds is 8. The number of aliphatic carboxylic acids is 1. The molecule has 4 heteroatoms. The lowest BCUT2D eigenvalue weighted by atomic mass is 10.2. The quantitative estimate of drug-likeness (QED) is 0.679. The smallest absolute Gasteiger partial charge is 0.303 e. The Bertz CT molecular complexity index is 353. The van der Waals surface area contributed by atoms with Crippen LogP contribution in [0.25, 0.3) is 0 Å². The van der Waals surface area contributed by atoms with Gasteiger partial charge in [0.1, 0.15) is 0 Å². The second kappa shape index (κ2) is 7.79. The Morgan fingerprint density at radius 2 is 2.24 bits per heavy atom. The summed E-state index contributed by atoms with van der Waals surface area (Å²) in [7, 11) is 0. The molecule has 0 aliphatic heterocycles. The van der Waals surface area contributed by atoms with Crippen molar-refractivity contribution in [1.82, 2.24) is 10.3 Å². The monoisotopic (exact) mass is 236 g/mol. The highest BCUT2D eigenvalue weighted by Gasteiger charge is 1.98. The van der Waals surface area contributed by atoms with Gasteiger partial charge >= 0.3 is 5.97 Å². The SMILES string of the molecule is Cc1cccnc1CNCCCCCC(=O)O. The lowest BCUT2D eigenvalue weighted by Gasteiger charge is -2.06. The lowest BCUT2D eigenvalue weighted by molar-refractivity contribution is -0.137. The minimum Gasteiger partial charge on any atom is -0.481 e. The molecule has 0 aliphatic rings. The fraction of sp³-hybridized carbons (Fsp3) is 0.538. The summed E-state index contributed by atoms with van der Waals surface area (Å²) in [5.41, 5.74) is 2.28. The molecule has 0 bridgehead atoms. The van der Waals surface area contributed by atoms with Crippen molar-refractivity contribution in [2.75, 3.05) is 6.54 Å². The number of unbranched alkanes of at least 4 members (excludes halogenated alkanes) is 2. The first-order valence-electron chi connectivity index (χ1n) is 6.03. The number of aromatic nitrogens is 1. The average molecular weight is 236 g/mol. The summed E-state index contributed by atoms with van der Waals surface area (Å²) in [5.74, 6) is -0.706. The zero-order chi connectivity index (χ0) is 12.5. The van der Waals surface area contributed by atoms with Gasteiger partial charge in [0, 0.05) is 19.2 Å². The summed E-state index contributed by atoms with van der Waals surface area (Å²) in [5, 5.41) is 11.8. The van der Waals surface area contributed by atoms with Gasteiger partial charge in [-0.3, -0.25) is 9.78 Å². The van der Waals surface area contributed by atoms with Gasteiger partial charge in [-0.05, 0) is 37.9 Å². The fourth-order valence-electron chi connectivity index (χ4n) is 1.61. The van der Waals surface area contributed by atoms with Crippen molar-refractivity contribution in [3.63, 3.8) is 0 Å². The molecule has 2 N–H and O–H groups in total. The molecule has 0 fully saturated rings. The topological polar surface area (TPSA) is 62.2 Å². The predicted molar refractivity (Wildman–Crippen MR) is 66.8 cm³/mol. The maximum Gasteiger partial charge on any atom is 0.303 e. The molecule has 17 heavy (non-hydrogen) atoms. The molecule has 0 aliphatic carbocycles. The third-order valence-electron chi connectivity index (χ3n) is 2.65. The molecular weight excluding hydrogens is 216 g/mol. The van der Waals surface area contributed by atoms with E-state index >= 15 is 0 Å². The second-order valence-corrected chi connectivity index (χ2v) is 4.15. The van der Waals surface area contributed by atoms with E-state index in [2.05, 4.69) is 23.3 Å². The van der Waals surface area contributed by atoms with Crippen LogP contribution in [0.3, 0.4) is 0 Å². The largest absolute Gasteiger partial charge is 0.481 e. The van der Waals surface area contributed by atoms with Crippen molar-refractivity contribution in [3.8, 4) is 0 Å². The standard InChI is InChI=1S/C13H20N2O2/c1-11-6-5-9-15-12(11)10-14-8-4-2-3-7-13(16)17/h5-6,9,14H,2-4,7-8,10H2,1H3,(H,16,17). The Morgan fingerprint density at radius 3 is 2.94 bits per heavy atom. The molecule has 1 aromatic heterocycles. The van der Waals surface area contributed by atoms with E-state index < -0.39 is 5.97 Å². The third kappa shape index (κ3) is 6.02. The van der Waals surface area contributed by atoms with Crippen LogP contribution in [-0.2, 0) is 11.3 Å². The molecule has 0 aromatic carbocycles. The van der Waals surface area contributed by atoms with E-state index in [0.717, 1.165) is 38.0 Å². The van der Waals surface area contributed by atoms with Crippen LogP contribution in [0.4, 0.5) is 0 Å². The fourth-order valence-corrected chi connectivity index (χ4v) is 1.61. The summed E-state index contributed by atoms with van der Waals surface area (Å²) in [6, 6.07) is 3.99. The first-order valence-corrected chi connectivity index (χ1v) is 6.03. The van der Waals surface area contributed by atoms with Gasteiger partial charge in [0.05, 0.1) is 5.69 Å². The van der Waals surface area contributed by atoms with Crippen LogP contribution in [0.1, 0.15) is 36.9 Å². The Hall–Kier alpha value is -1.42. The molecule has 1 rings (SSSR count). The number of nitrogens with one attached hydrogen (secondary N) is 1. The van der Waals surface area contributed by atoms with Crippen LogP contribution >= 0.6 is 0 Å². The molecule has 0 unspecified atom stereocenters. The van der Waals surface area contributed by atoms with E-state index in [0.29, 0.717) is 0 Å². The molecule has 0 saturated heterocycles. The number of pyridine rings is 1. The van der Waals surface area contributed by atoms with Crippen molar-refractivity contribution in [3.05, 3.63) is 29.6 Å². The van der Waals surface area contributed by atoms with Crippen LogP contribution < -0.4 is 5.32 Å². The molecule has 94 valence electrons. The Balaban J connectivity index is 2.05. The summed E-state index contributed by atoms with van der Waals surface area (Å²) < 4.78 is 0. The van der Waals surface area contributed by atoms with Crippen LogP contribution in [-0.4, -0.2) is 22.6 Å². The number of hydrogen-bond donors (Lipinski definition) is 2. The highest BCUT2D eigenvalue weighted by molar-refractivity contribution is 5.66. The van der Waals surface area contributed by atoms with E-state index in [9.17, 15) is 4.79 Å². The Morgan fingerprint density at radius 1 is 1.41 bits per heavy atom. The molecule has 0 saturated carbocycles. The summed E-state index contributed by atoms with van der Waals surface area (Å²) >= 11 is 0. The number of carboxylic acid groups (broad SMARTS) is 1. The summed E-state index contributed by atoms with van der Waals surface area (Å²) in [4.78, 5) is 14.6. The van der Waals surface area contributed by atoms with Gasteiger partial charge in [0.25, 0.3) is 0 Å². The molecule has 4 nitrogen and oxygen atoms in total. The van der Waals surface area contributed by atoms with Crippen LogP contribution in [0.2, 0.25) is 0 Å². The third-order valence-corrected chi connectivity index (χ3v) is 2.65. The number of carboxylic acids is 1. The van der Waals surface area contributed by atoms with Gasteiger partial charge in [-0.2, -0.15) is 0 Å². The maximum atomic E-state index is 10.3. The van der Waals surface area contributed by atoms with E-state index in [-0.39, 0.29) is 6.42 Å². The van der Waals surface area contributed by atoms with Gasteiger partial charge in [0.15, 0.2) is 0 Å². The first kappa shape index (κ1) is 13.6. The predicted octanol–water partition coefficient (Wildman–Crippen LogP) is 2.12. The number of carbonyl (C=O) groups is 1. The summed E-state index contributed by atoms with van der Waals surface area (Å²) in [6.45, 7) is 3.75. The zero-order valence-electron chi connectivity index (χ0n) is 10.3. The summed E-state index contributed by atoms with van der Waals surface area (Å²) in [6.07, 6.45) is 4.81. The molecule has 1 aromatic rings. The van der Waals surface area contributed by atoms with Crippen molar-refractivity contribution < 1.29 is 9.90 Å². The second-order valence-electron chi connectivity index (χ2n) is 4.15. The Labute approximate surface area is 102 Å². The minimum absolute atomic E-state index is 0.277. The molecule has 0 atom stereocenters. The highest BCUT2D eigenvalue weighted by Crippen LogP contribution is 2.03. The normalized spacial score (nSPS) is 10.4. The lowest BCUT2D eigenvalue weighted by Crippen LogP contribution is -2.16. The van der Waals surface area contributed by atoms with Crippen molar-refractivity contribution in [2.45, 2.75) is 39.2 Å². The Kier molecular flexibility index (Phi) is 6.25. The van der Waals surface area contributed by atoms with Gasteiger partial charge in [0.2, 0.25) is 0 Å². The van der Waals surface area contributed by atoms with Gasteiger partial charge in [-0.15, -0.1) is 0 Å². The zero-order valence-corrected chi connectivity index (χ0v) is 10.3. The van der Waals surface area contributed by atoms with Gasteiger partial charge in [-0.1, -0.05) is 12.5 Å². The maximum absolute atomic E-state index is 10.3.